The van der Waals surface area contributed by atoms with Crippen LogP contribution < -0.4 is 10.3 Å². The average molecular weight is 389 g/mol. The number of hydrogen-bond donors (Lipinski definition) is 2. The Labute approximate surface area is 158 Å². The van der Waals surface area contributed by atoms with Crippen molar-refractivity contribution in [3.8, 4) is 16.9 Å². The van der Waals surface area contributed by atoms with Crippen LogP contribution in [-0.2, 0) is 7.05 Å². The van der Waals surface area contributed by atoms with Crippen molar-refractivity contribution in [2.45, 2.75) is 24.7 Å². The zero-order chi connectivity index (χ0) is 19.2. The van der Waals surface area contributed by atoms with Crippen molar-refractivity contribution in [2.75, 3.05) is 12.4 Å². The second-order valence-corrected chi connectivity index (χ2v) is 9.37. The zero-order valence-corrected chi connectivity index (χ0v) is 16.2. The average Bonchev–Trinajstić information content (AvgIpc) is 3.36. The number of pyridine rings is 1. The molecule has 27 heavy (non-hydrogen) atoms. The molecule has 0 bridgehead atoms. The molecular formula is C20H23NO5S. The molecule has 2 aromatic heterocycles. The van der Waals surface area contributed by atoms with E-state index >= 15 is 0 Å². The fourth-order valence-corrected chi connectivity index (χ4v) is 4.02. The summed E-state index contributed by atoms with van der Waals surface area (Å²) in [5.41, 5.74) is 1.55. The van der Waals surface area contributed by atoms with Gasteiger partial charge in [-0.05, 0) is 49.9 Å². The lowest BCUT2D eigenvalue weighted by Crippen LogP contribution is -2.16. The van der Waals surface area contributed by atoms with Crippen LogP contribution in [0.15, 0.2) is 50.8 Å². The van der Waals surface area contributed by atoms with Gasteiger partial charge in [-0.2, -0.15) is 10.6 Å². The van der Waals surface area contributed by atoms with E-state index in [-0.39, 0.29) is 16.9 Å². The monoisotopic (exact) mass is 389 g/mol. The Hall–Kier alpha value is -2.22. The first kappa shape index (κ1) is 18.2. The molecule has 0 radical (unpaired) electrons. The largest absolute Gasteiger partial charge is 0.493 e. The molecule has 144 valence electrons. The first-order chi connectivity index (χ1) is 12.9. The fraction of sp³-hybridized carbons (Fsp3) is 0.350. The van der Waals surface area contributed by atoms with E-state index in [0.29, 0.717) is 28.6 Å². The van der Waals surface area contributed by atoms with Crippen molar-refractivity contribution in [3.63, 3.8) is 0 Å². The smallest absolute Gasteiger partial charge is 0.293 e. The minimum absolute atomic E-state index is 0.215. The number of benzene rings is 1. The van der Waals surface area contributed by atoms with Crippen LogP contribution in [0.4, 0.5) is 0 Å². The van der Waals surface area contributed by atoms with Gasteiger partial charge in [-0.15, -0.1) is 0 Å². The van der Waals surface area contributed by atoms with Gasteiger partial charge in [-0.25, -0.2) is 0 Å². The van der Waals surface area contributed by atoms with E-state index in [4.69, 9.17) is 9.15 Å². The Bertz CT molecular complexity index is 1050. The van der Waals surface area contributed by atoms with Crippen LogP contribution in [0.5, 0.6) is 5.75 Å². The summed E-state index contributed by atoms with van der Waals surface area (Å²) in [6, 6.07) is 7.00. The molecule has 0 unspecified atom stereocenters. The highest BCUT2D eigenvalue weighted by molar-refractivity contribution is 8.24. The standard InChI is InChI=1S/C20H23NO5S/c1-3-27(23,24)14-6-7-18(26-12-13-4-5-13)16(10-14)17-11-21(2)20(22)19-15(17)8-9-25-19/h6-11,13,23-24H,3-5,12H2,1-2H3. The minimum atomic E-state index is -2.87. The number of furan rings is 1. The van der Waals surface area contributed by atoms with Crippen LogP contribution in [0.2, 0.25) is 0 Å². The van der Waals surface area contributed by atoms with Crippen LogP contribution in [0.25, 0.3) is 22.1 Å². The normalized spacial score (nSPS) is 15.3. The zero-order valence-electron chi connectivity index (χ0n) is 15.3. The van der Waals surface area contributed by atoms with E-state index in [1.165, 1.54) is 23.7 Å². The van der Waals surface area contributed by atoms with E-state index in [1.54, 1.807) is 44.4 Å². The maximum atomic E-state index is 12.3. The Morgan fingerprint density at radius 3 is 2.74 bits per heavy atom. The van der Waals surface area contributed by atoms with Crippen LogP contribution >= 0.6 is 10.6 Å². The van der Waals surface area contributed by atoms with Crippen molar-refractivity contribution < 1.29 is 18.3 Å². The molecule has 4 rings (SSSR count). The van der Waals surface area contributed by atoms with Crippen LogP contribution in [-0.4, -0.2) is 26.0 Å². The summed E-state index contributed by atoms with van der Waals surface area (Å²) in [7, 11) is -1.20. The molecule has 0 spiro atoms. The second kappa shape index (κ2) is 6.74. The molecule has 1 fully saturated rings. The van der Waals surface area contributed by atoms with Gasteiger partial charge in [0.1, 0.15) is 5.75 Å². The Morgan fingerprint density at radius 1 is 1.26 bits per heavy atom. The number of rotatable bonds is 6. The molecule has 1 saturated carbocycles. The van der Waals surface area contributed by atoms with E-state index in [1.807, 2.05) is 0 Å². The molecule has 0 saturated heterocycles. The van der Waals surface area contributed by atoms with Gasteiger partial charge < -0.3 is 13.7 Å². The third kappa shape index (κ3) is 3.38. The van der Waals surface area contributed by atoms with Crippen molar-refractivity contribution in [3.05, 3.63) is 47.1 Å². The molecule has 6 nitrogen and oxygen atoms in total. The lowest BCUT2D eigenvalue weighted by molar-refractivity contribution is 0.301. The van der Waals surface area contributed by atoms with Crippen molar-refractivity contribution in [1.29, 1.82) is 0 Å². The maximum Gasteiger partial charge on any atom is 0.293 e. The van der Waals surface area contributed by atoms with Gasteiger partial charge in [0.25, 0.3) is 5.56 Å². The summed E-state index contributed by atoms with van der Waals surface area (Å²) in [4.78, 5) is 12.8. The summed E-state index contributed by atoms with van der Waals surface area (Å²) in [5, 5.41) is 0.680. The molecular weight excluding hydrogens is 366 g/mol. The molecule has 0 amide bonds. The highest BCUT2D eigenvalue weighted by atomic mass is 32.3. The van der Waals surface area contributed by atoms with Gasteiger partial charge in [-0.1, -0.05) is 0 Å². The highest BCUT2D eigenvalue weighted by Crippen LogP contribution is 2.50. The lowest BCUT2D eigenvalue weighted by Gasteiger charge is -2.31. The van der Waals surface area contributed by atoms with E-state index < -0.39 is 10.6 Å². The van der Waals surface area contributed by atoms with E-state index in [2.05, 4.69) is 0 Å². The molecule has 0 atom stereocenters. The maximum absolute atomic E-state index is 12.3. The molecule has 7 heteroatoms. The van der Waals surface area contributed by atoms with Gasteiger partial charge in [0.05, 0.1) is 17.8 Å². The number of nitrogens with zero attached hydrogens (tertiary/aromatic N) is 1. The van der Waals surface area contributed by atoms with Gasteiger partial charge in [-0.3, -0.25) is 13.9 Å². The van der Waals surface area contributed by atoms with Crippen molar-refractivity contribution >= 4 is 21.6 Å². The summed E-state index contributed by atoms with van der Waals surface area (Å²) >= 11 is 0. The Balaban J connectivity index is 1.91. The predicted octanol–water partition coefficient (Wildman–Crippen LogP) is 4.72. The first-order valence-corrected chi connectivity index (χ1v) is 10.7. The molecule has 2 heterocycles. The number of ether oxygens (including phenoxy) is 1. The third-order valence-corrected chi connectivity index (χ3v) is 6.80. The van der Waals surface area contributed by atoms with Crippen LogP contribution in [0, 0.1) is 5.92 Å². The second-order valence-electron chi connectivity index (χ2n) is 6.99. The molecule has 1 aliphatic rings. The molecule has 0 aliphatic heterocycles. The predicted molar refractivity (Wildman–Crippen MR) is 107 cm³/mol. The lowest BCUT2D eigenvalue weighted by atomic mass is 10.0. The van der Waals surface area contributed by atoms with Crippen LogP contribution in [0.1, 0.15) is 19.8 Å². The number of aromatic nitrogens is 1. The van der Waals surface area contributed by atoms with Gasteiger partial charge >= 0.3 is 0 Å². The SMILES string of the molecule is CCS(O)(O)c1ccc(OCC2CC2)c(-c2cn(C)c(=O)c3occc23)c1. The van der Waals surface area contributed by atoms with E-state index in [0.717, 1.165) is 11.1 Å². The Kier molecular flexibility index (Phi) is 4.53. The number of aryl methyl sites for hydroxylation is 1. The Morgan fingerprint density at radius 2 is 2.04 bits per heavy atom. The van der Waals surface area contributed by atoms with E-state index in [9.17, 15) is 13.9 Å². The molecule has 1 aliphatic carbocycles. The summed E-state index contributed by atoms with van der Waals surface area (Å²) < 4.78 is 33.7. The van der Waals surface area contributed by atoms with Gasteiger partial charge in [0.15, 0.2) is 5.58 Å². The van der Waals surface area contributed by atoms with Gasteiger partial charge in [0, 0.05) is 35.5 Å². The van der Waals surface area contributed by atoms with Crippen molar-refractivity contribution in [1.82, 2.24) is 4.57 Å². The first-order valence-electron chi connectivity index (χ1n) is 9.00. The summed E-state index contributed by atoms with van der Waals surface area (Å²) in [6.45, 7) is 2.38. The third-order valence-electron chi connectivity index (χ3n) is 4.99. The summed E-state index contributed by atoms with van der Waals surface area (Å²) in [6.07, 6.45) is 5.58. The molecule has 2 N–H and O–H groups in total. The number of hydrogen-bond acceptors (Lipinski definition) is 5. The van der Waals surface area contributed by atoms with Crippen LogP contribution in [0.3, 0.4) is 0 Å². The quantitative estimate of drug-likeness (QED) is 0.637. The highest BCUT2D eigenvalue weighted by Gasteiger charge is 2.24. The van der Waals surface area contributed by atoms with Gasteiger partial charge in [0.2, 0.25) is 0 Å². The minimum Gasteiger partial charge on any atom is -0.493 e. The van der Waals surface area contributed by atoms with Crippen molar-refractivity contribution in [2.24, 2.45) is 13.0 Å². The number of fused-ring (bicyclic) bond motifs is 1. The fourth-order valence-electron chi connectivity index (χ4n) is 3.09. The topological polar surface area (TPSA) is 84.8 Å². The molecule has 3 aromatic rings. The summed E-state index contributed by atoms with van der Waals surface area (Å²) in [5.74, 6) is 1.49. The molecule has 1 aromatic carbocycles.